The second kappa shape index (κ2) is 8.06. The monoisotopic (exact) mass is 258 g/mol. The van der Waals surface area contributed by atoms with Gasteiger partial charge >= 0.3 is 0 Å². The zero-order valence-electron chi connectivity index (χ0n) is 12.3. The van der Waals surface area contributed by atoms with Crippen LogP contribution in [0.3, 0.4) is 0 Å². The SMILES string of the molecule is CC(C)(C)[Si](C)(C)OCCCC/C=C/CCO. The summed E-state index contributed by atoms with van der Waals surface area (Å²) in [6.07, 6.45) is 8.39. The molecule has 0 spiro atoms. The van der Waals surface area contributed by atoms with Crippen LogP contribution in [-0.2, 0) is 4.43 Å². The lowest BCUT2D eigenvalue weighted by atomic mass is 10.2. The van der Waals surface area contributed by atoms with Crippen LogP contribution in [0.25, 0.3) is 0 Å². The third-order valence-corrected chi connectivity index (χ3v) is 8.03. The molecule has 0 heterocycles. The molecule has 0 aliphatic heterocycles. The van der Waals surface area contributed by atoms with Crippen LogP contribution in [0.5, 0.6) is 0 Å². The van der Waals surface area contributed by atoms with Crippen molar-refractivity contribution in [1.82, 2.24) is 0 Å². The molecule has 0 rings (SSSR count). The van der Waals surface area contributed by atoms with Crippen molar-refractivity contribution >= 4 is 8.32 Å². The standard InChI is InChI=1S/C14H30O2Si/c1-14(2,3)17(4,5)16-13-11-9-7-6-8-10-12-15/h6,8,15H,7,9-13H2,1-5H3/b8-6+. The molecule has 0 bridgehead atoms. The van der Waals surface area contributed by atoms with E-state index in [4.69, 9.17) is 9.53 Å². The molecule has 3 heteroatoms. The molecule has 0 atom stereocenters. The summed E-state index contributed by atoms with van der Waals surface area (Å²) in [6.45, 7) is 12.6. The maximum Gasteiger partial charge on any atom is 0.191 e. The molecule has 1 N–H and O–H groups in total. The lowest BCUT2D eigenvalue weighted by Crippen LogP contribution is -2.40. The summed E-state index contributed by atoms with van der Waals surface area (Å²) < 4.78 is 6.10. The van der Waals surface area contributed by atoms with Crippen molar-refractivity contribution in [3.8, 4) is 0 Å². The second-order valence-corrected chi connectivity index (χ2v) is 10.9. The second-order valence-electron chi connectivity index (χ2n) is 6.09. The van der Waals surface area contributed by atoms with Gasteiger partial charge in [-0.2, -0.15) is 0 Å². The van der Waals surface area contributed by atoms with Gasteiger partial charge in [0.1, 0.15) is 0 Å². The number of aliphatic hydroxyl groups excluding tert-OH is 1. The van der Waals surface area contributed by atoms with Crippen LogP contribution in [0, 0.1) is 0 Å². The largest absolute Gasteiger partial charge is 0.417 e. The van der Waals surface area contributed by atoms with Crippen LogP contribution in [-0.4, -0.2) is 26.6 Å². The van der Waals surface area contributed by atoms with E-state index in [1.165, 1.54) is 6.42 Å². The van der Waals surface area contributed by atoms with Crippen molar-refractivity contribution < 1.29 is 9.53 Å². The molecule has 17 heavy (non-hydrogen) atoms. The first-order valence-corrected chi connectivity index (χ1v) is 9.62. The first kappa shape index (κ1) is 16.9. The molecular weight excluding hydrogens is 228 g/mol. The number of hydrogen-bond acceptors (Lipinski definition) is 2. The molecule has 0 fully saturated rings. The summed E-state index contributed by atoms with van der Waals surface area (Å²) in [5, 5.41) is 8.92. The molecule has 0 aliphatic carbocycles. The van der Waals surface area contributed by atoms with Crippen molar-refractivity contribution in [3.05, 3.63) is 12.2 Å². The number of hydrogen-bond donors (Lipinski definition) is 1. The van der Waals surface area contributed by atoms with Crippen LogP contribution >= 0.6 is 0 Å². The smallest absolute Gasteiger partial charge is 0.191 e. The highest BCUT2D eigenvalue weighted by Gasteiger charge is 2.36. The Hall–Kier alpha value is -0.123. The van der Waals surface area contributed by atoms with E-state index in [1.807, 2.05) is 0 Å². The van der Waals surface area contributed by atoms with Gasteiger partial charge in [0.2, 0.25) is 0 Å². The van der Waals surface area contributed by atoms with E-state index in [1.54, 1.807) is 0 Å². The third-order valence-electron chi connectivity index (χ3n) is 3.50. The fraction of sp³-hybridized carbons (Fsp3) is 0.857. The summed E-state index contributed by atoms with van der Waals surface area (Å²) in [5.74, 6) is 0. The lowest BCUT2D eigenvalue weighted by molar-refractivity contribution is 0.279. The fourth-order valence-corrected chi connectivity index (χ4v) is 2.31. The van der Waals surface area contributed by atoms with Gasteiger partial charge in [0.05, 0.1) is 0 Å². The van der Waals surface area contributed by atoms with E-state index < -0.39 is 8.32 Å². The normalized spacial score (nSPS) is 13.5. The molecule has 0 saturated carbocycles. The van der Waals surface area contributed by atoms with Crippen LogP contribution < -0.4 is 0 Å². The highest BCUT2D eigenvalue weighted by atomic mass is 28.4. The Kier molecular flexibility index (Phi) is 8.00. The summed E-state index contributed by atoms with van der Waals surface area (Å²) >= 11 is 0. The van der Waals surface area contributed by atoms with Gasteiger partial charge < -0.3 is 9.53 Å². The van der Waals surface area contributed by atoms with E-state index in [0.717, 1.165) is 25.9 Å². The van der Waals surface area contributed by atoms with E-state index in [2.05, 4.69) is 46.0 Å². The van der Waals surface area contributed by atoms with Crippen LogP contribution in [0.2, 0.25) is 18.1 Å². The maximum absolute atomic E-state index is 8.61. The minimum atomic E-state index is -1.54. The average molecular weight is 258 g/mol. The van der Waals surface area contributed by atoms with Crippen molar-refractivity contribution in [2.75, 3.05) is 13.2 Å². The minimum Gasteiger partial charge on any atom is -0.417 e. The molecule has 0 saturated heterocycles. The maximum atomic E-state index is 8.61. The Morgan fingerprint density at radius 1 is 1.06 bits per heavy atom. The Labute approximate surface area is 108 Å². The summed E-state index contributed by atoms with van der Waals surface area (Å²) in [5.41, 5.74) is 0. The predicted octanol–water partition coefficient (Wildman–Crippen LogP) is 4.12. The van der Waals surface area contributed by atoms with E-state index in [9.17, 15) is 0 Å². The van der Waals surface area contributed by atoms with Crippen molar-refractivity contribution in [2.24, 2.45) is 0 Å². The molecular formula is C14H30O2Si. The van der Waals surface area contributed by atoms with Gasteiger partial charge in [-0.1, -0.05) is 32.9 Å². The zero-order valence-corrected chi connectivity index (χ0v) is 13.3. The quantitative estimate of drug-likeness (QED) is 0.403. The van der Waals surface area contributed by atoms with Crippen molar-refractivity contribution in [3.63, 3.8) is 0 Å². The van der Waals surface area contributed by atoms with E-state index in [0.29, 0.717) is 5.04 Å². The zero-order chi connectivity index (χ0) is 13.4. The molecule has 0 aliphatic rings. The lowest BCUT2D eigenvalue weighted by Gasteiger charge is -2.36. The molecule has 102 valence electrons. The Bertz CT molecular complexity index is 217. The van der Waals surface area contributed by atoms with Crippen LogP contribution in [0.15, 0.2) is 12.2 Å². The topological polar surface area (TPSA) is 29.5 Å². The predicted molar refractivity (Wildman–Crippen MR) is 77.8 cm³/mol. The van der Waals surface area contributed by atoms with Gasteiger partial charge in [-0.05, 0) is 43.8 Å². The first-order valence-electron chi connectivity index (χ1n) is 6.71. The molecule has 0 aromatic heterocycles. The Morgan fingerprint density at radius 2 is 1.65 bits per heavy atom. The Balaban J connectivity index is 3.58. The van der Waals surface area contributed by atoms with Gasteiger partial charge in [-0.3, -0.25) is 0 Å². The van der Waals surface area contributed by atoms with Gasteiger partial charge in [0, 0.05) is 13.2 Å². The molecule has 0 aromatic rings. The van der Waals surface area contributed by atoms with Gasteiger partial charge in [-0.15, -0.1) is 0 Å². The highest BCUT2D eigenvalue weighted by Crippen LogP contribution is 2.36. The molecule has 0 aromatic carbocycles. The number of unbranched alkanes of at least 4 members (excludes halogenated alkanes) is 2. The average Bonchev–Trinajstić information content (AvgIpc) is 2.20. The summed E-state index contributed by atoms with van der Waals surface area (Å²) in [7, 11) is -1.54. The highest BCUT2D eigenvalue weighted by molar-refractivity contribution is 6.74. The summed E-state index contributed by atoms with van der Waals surface area (Å²) in [6, 6.07) is 0. The van der Waals surface area contributed by atoms with E-state index in [-0.39, 0.29) is 6.61 Å². The minimum absolute atomic E-state index is 0.255. The number of rotatable bonds is 8. The van der Waals surface area contributed by atoms with Crippen LogP contribution in [0.1, 0.15) is 46.5 Å². The molecule has 0 amide bonds. The van der Waals surface area contributed by atoms with Gasteiger partial charge in [0.25, 0.3) is 0 Å². The molecule has 0 radical (unpaired) electrons. The third kappa shape index (κ3) is 7.74. The molecule has 0 unspecified atom stereocenters. The van der Waals surface area contributed by atoms with Crippen molar-refractivity contribution in [1.29, 1.82) is 0 Å². The van der Waals surface area contributed by atoms with Crippen LogP contribution in [0.4, 0.5) is 0 Å². The van der Waals surface area contributed by atoms with Gasteiger partial charge in [-0.25, -0.2) is 0 Å². The fourth-order valence-electron chi connectivity index (χ4n) is 1.22. The number of aliphatic hydroxyl groups is 1. The van der Waals surface area contributed by atoms with Gasteiger partial charge in [0.15, 0.2) is 8.32 Å². The van der Waals surface area contributed by atoms with Crippen molar-refractivity contribution in [2.45, 2.75) is 64.6 Å². The molecule has 2 nitrogen and oxygen atoms in total. The Morgan fingerprint density at radius 3 is 2.18 bits per heavy atom. The number of allylic oxidation sites excluding steroid dienone is 1. The summed E-state index contributed by atoms with van der Waals surface area (Å²) in [4.78, 5) is 0. The first-order chi connectivity index (χ1) is 7.81. The van der Waals surface area contributed by atoms with E-state index >= 15 is 0 Å².